The Morgan fingerprint density at radius 3 is 2.07 bits per heavy atom. The molecule has 0 aromatic heterocycles. The quantitative estimate of drug-likeness (QED) is 0.361. The number of methoxy groups -OCH3 is 1. The Balaban J connectivity index is 3.20. The molecule has 0 N–H and O–H groups in total. The number of hydrogen-bond donors (Lipinski definition) is 0. The van der Waals surface area contributed by atoms with Crippen molar-refractivity contribution in [3.8, 4) is 0 Å². The van der Waals surface area contributed by atoms with Gasteiger partial charge < -0.3 is 9.16 Å². The molecule has 0 aliphatic heterocycles. The van der Waals surface area contributed by atoms with Crippen molar-refractivity contribution >= 4 is 24.4 Å². The normalized spacial score (nSPS) is 15.3. The molecule has 2 atom stereocenters. The number of benzene rings is 1. The monoisotopic (exact) mass is 416 g/mol. The minimum atomic E-state index is -4.14. The van der Waals surface area contributed by atoms with Gasteiger partial charge in [-0.05, 0) is 43.6 Å². The van der Waals surface area contributed by atoms with E-state index in [1.54, 1.807) is 12.1 Å². The third-order valence-electron chi connectivity index (χ3n) is 4.97. The summed E-state index contributed by atoms with van der Waals surface area (Å²) in [6.07, 6.45) is -1.67. The first-order valence-corrected chi connectivity index (χ1v) is 13.3. The number of ether oxygens (including phenoxy) is 1. The molecular weight excluding hydrogens is 384 g/mol. The van der Waals surface area contributed by atoms with Gasteiger partial charge in [0.05, 0.1) is 18.1 Å². The molecule has 154 valence electrons. The van der Waals surface area contributed by atoms with Crippen molar-refractivity contribution in [1.82, 2.24) is 0 Å². The van der Waals surface area contributed by atoms with Crippen LogP contribution in [0.4, 0.5) is 0 Å². The van der Waals surface area contributed by atoms with Crippen LogP contribution in [0, 0.1) is 6.92 Å². The maximum atomic E-state index is 12.7. The molecule has 8 heteroatoms. The van der Waals surface area contributed by atoms with Gasteiger partial charge in [-0.25, -0.2) is 8.98 Å². The molecule has 6 nitrogen and oxygen atoms in total. The van der Waals surface area contributed by atoms with E-state index >= 15 is 0 Å². The lowest BCUT2D eigenvalue weighted by atomic mass is 10.1. The molecule has 1 aromatic carbocycles. The third-order valence-corrected chi connectivity index (χ3v) is 10.8. The van der Waals surface area contributed by atoms with Crippen LogP contribution in [0.25, 0.3) is 0 Å². The number of esters is 1. The van der Waals surface area contributed by atoms with E-state index in [0.717, 1.165) is 5.56 Å². The maximum Gasteiger partial charge on any atom is 0.339 e. The summed E-state index contributed by atoms with van der Waals surface area (Å²) in [5.74, 6) is -0.767. The summed E-state index contributed by atoms with van der Waals surface area (Å²) >= 11 is 0. The summed E-state index contributed by atoms with van der Waals surface area (Å²) in [6.45, 7) is 14.0. The molecule has 0 fully saturated rings. The van der Waals surface area contributed by atoms with Gasteiger partial charge >= 0.3 is 5.97 Å². The van der Waals surface area contributed by atoms with Gasteiger partial charge in [0.2, 0.25) is 0 Å². The zero-order chi connectivity index (χ0) is 21.0. The molecule has 0 aliphatic carbocycles. The van der Waals surface area contributed by atoms with E-state index in [0.29, 0.717) is 6.42 Å². The zero-order valence-electron chi connectivity index (χ0n) is 17.5. The molecule has 0 radical (unpaired) electrons. The maximum absolute atomic E-state index is 12.7. The fraction of sp³-hybridized carbons (Fsp3) is 0.632. The van der Waals surface area contributed by atoms with E-state index in [1.807, 2.05) is 26.9 Å². The predicted molar refractivity (Wildman–Crippen MR) is 108 cm³/mol. The number of hydrogen-bond acceptors (Lipinski definition) is 6. The fourth-order valence-corrected chi connectivity index (χ4v) is 4.64. The van der Waals surface area contributed by atoms with Crippen molar-refractivity contribution in [3.63, 3.8) is 0 Å². The molecule has 0 saturated carbocycles. The largest absolute Gasteiger partial charge is 0.467 e. The van der Waals surface area contributed by atoms with Crippen LogP contribution in [0.1, 0.15) is 39.7 Å². The van der Waals surface area contributed by atoms with Crippen LogP contribution < -0.4 is 0 Å². The molecule has 1 rings (SSSR count). The molecule has 1 aromatic rings. The Kier molecular flexibility index (Phi) is 7.81. The number of rotatable bonds is 8. The first-order valence-electron chi connectivity index (χ1n) is 9.00. The summed E-state index contributed by atoms with van der Waals surface area (Å²) in [7, 11) is -5.19. The Morgan fingerprint density at radius 2 is 1.67 bits per heavy atom. The first-order chi connectivity index (χ1) is 12.2. The van der Waals surface area contributed by atoms with Gasteiger partial charge in [0.15, 0.2) is 14.4 Å². The third kappa shape index (κ3) is 6.13. The lowest BCUT2D eigenvalue weighted by Crippen LogP contribution is -2.50. The highest BCUT2D eigenvalue weighted by molar-refractivity contribution is 7.86. The second kappa shape index (κ2) is 8.85. The number of aryl methyl sites for hydroxylation is 1. The number of carbonyl (C=O) groups excluding carboxylic acids is 1. The highest BCUT2D eigenvalue weighted by atomic mass is 32.2. The van der Waals surface area contributed by atoms with Gasteiger partial charge in [0.1, 0.15) is 0 Å². The molecule has 0 bridgehead atoms. The van der Waals surface area contributed by atoms with Crippen LogP contribution in [0.15, 0.2) is 29.2 Å². The smallest absolute Gasteiger partial charge is 0.339 e. The Hall–Kier alpha value is -1.22. The van der Waals surface area contributed by atoms with Crippen LogP contribution in [-0.4, -0.2) is 42.0 Å². The van der Waals surface area contributed by atoms with Crippen molar-refractivity contribution in [3.05, 3.63) is 29.8 Å². The van der Waals surface area contributed by atoms with Gasteiger partial charge in [-0.1, -0.05) is 45.4 Å². The summed E-state index contributed by atoms with van der Waals surface area (Å²) in [5, 5.41) is -0.100. The first kappa shape index (κ1) is 23.8. The van der Waals surface area contributed by atoms with E-state index in [-0.39, 0.29) is 9.93 Å². The van der Waals surface area contributed by atoms with Gasteiger partial charge in [-0.3, -0.25) is 0 Å². The topological polar surface area (TPSA) is 78.9 Å². The lowest BCUT2D eigenvalue weighted by molar-refractivity contribution is -0.153. The molecule has 0 aliphatic rings. The summed E-state index contributed by atoms with van der Waals surface area (Å²) < 4.78 is 41.8. The van der Waals surface area contributed by atoms with Gasteiger partial charge in [-0.2, -0.15) is 8.42 Å². The summed E-state index contributed by atoms with van der Waals surface area (Å²) in [4.78, 5) is 12.3. The van der Waals surface area contributed by atoms with Crippen LogP contribution >= 0.6 is 0 Å². The molecule has 0 amide bonds. The minimum absolute atomic E-state index is 0.0100. The molecule has 0 spiro atoms. The summed E-state index contributed by atoms with van der Waals surface area (Å²) in [5.41, 5.74) is 0.922. The van der Waals surface area contributed by atoms with Crippen molar-refractivity contribution in [1.29, 1.82) is 0 Å². The fourth-order valence-electron chi connectivity index (χ4n) is 2.18. The summed E-state index contributed by atoms with van der Waals surface area (Å²) in [6, 6.07) is 6.25. The van der Waals surface area contributed by atoms with Crippen molar-refractivity contribution in [2.75, 3.05) is 7.11 Å². The van der Waals surface area contributed by atoms with E-state index in [2.05, 4.69) is 20.8 Å². The van der Waals surface area contributed by atoms with Gasteiger partial charge in [0, 0.05) is 0 Å². The molecule has 0 saturated heterocycles. The number of carbonyl (C=O) groups is 1. The van der Waals surface area contributed by atoms with Crippen LogP contribution in [-0.2, 0) is 28.3 Å². The van der Waals surface area contributed by atoms with Crippen LogP contribution in [0.5, 0.6) is 0 Å². The second-order valence-electron chi connectivity index (χ2n) is 8.13. The van der Waals surface area contributed by atoms with Crippen molar-refractivity contribution in [2.45, 2.75) is 76.3 Å². The Bertz CT molecular complexity index is 734. The molecule has 27 heavy (non-hydrogen) atoms. The molecule has 0 heterocycles. The van der Waals surface area contributed by atoms with E-state index in [1.165, 1.54) is 19.2 Å². The molecule has 2 unspecified atom stereocenters. The highest BCUT2D eigenvalue weighted by Crippen LogP contribution is 2.38. The minimum Gasteiger partial charge on any atom is -0.467 e. The van der Waals surface area contributed by atoms with E-state index in [4.69, 9.17) is 13.3 Å². The Labute approximate surface area is 164 Å². The predicted octanol–water partition coefficient (Wildman–Crippen LogP) is 4.04. The van der Waals surface area contributed by atoms with Gasteiger partial charge in [-0.15, -0.1) is 0 Å². The average Bonchev–Trinajstić information content (AvgIpc) is 2.56. The Morgan fingerprint density at radius 1 is 1.15 bits per heavy atom. The zero-order valence-corrected chi connectivity index (χ0v) is 19.3. The lowest BCUT2D eigenvalue weighted by Gasteiger charge is -2.40. The van der Waals surface area contributed by atoms with E-state index in [9.17, 15) is 13.2 Å². The van der Waals surface area contributed by atoms with Crippen LogP contribution in [0.3, 0.4) is 0 Å². The molecular formula is C19H32O6SSi. The van der Waals surface area contributed by atoms with E-state index < -0.39 is 36.6 Å². The standard InChI is InChI=1S/C19H32O6SSi/c1-9-16(25-27(7,8)19(3,4)5)17(18(20)23-6)24-26(21,22)15-12-10-14(2)11-13-15/h10-13,16-17H,9H2,1-8H3. The highest BCUT2D eigenvalue weighted by Gasteiger charge is 2.43. The second-order valence-corrected chi connectivity index (χ2v) is 14.5. The SMILES string of the molecule is CCC(O[Si](C)(C)C(C)(C)C)C(OS(=O)(=O)c1ccc(C)cc1)C(=O)OC. The van der Waals surface area contributed by atoms with Gasteiger partial charge in [0.25, 0.3) is 10.1 Å². The van der Waals surface area contributed by atoms with Crippen molar-refractivity contribution < 1.29 is 26.6 Å². The average molecular weight is 417 g/mol. The van der Waals surface area contributed by atoms with Crippen LogP contribution in [0.2, 0.25) is 18.1 Å². The van der Waals surface area contributed by atoms with Crippen molar-refractivity contribution in [2.24, 2.45) is 0 Å².